The molecule has 0 amide bonds. The highest BCUT2D eigenvalue weighted by Crippen LogP contribution is 2.17. The first-order chi connectivity index (χ1) is 6.42. The van der Waals surface area contributed by atoms with Crippen molar-refractivity contribution < 1.29 is 0 Å². The lowest BCUT2D eigenvalue weighted by molar-refractivity contribution is 1.70. The molecule has 62 valence electrons. The highest BCUT2D eigenvalue weighted by atomic mass is 14.0. The van der Waals surface area contributed by atoms with Crippen molar-refractivity contribution in [2.75, 3.05) is 0 Å². The third-order valence-electron chi connectivity index (χ3n) is 2.05. The zero-order chi connectivity index (χ0) is 9.10. The summed E-state index contributed by atoms with van der Waals surface area (Å²) in [5.41, 5.74) is 1.11. The first-order valence-electron chi connectivity index (χ1n) is 4.32. The van der Waals surface area contributed by atoms with Gasteiger partial charge in [0, 0.05) is 5.56 Å². The molecule has 0 N–H and O–H groups in total. The second kappa shape index (κ2) is 3.33. The molecule has 2 aromatic carbocycles. The molecule has 0 unspecified atom stereocenters. The fraction of sp³-hybridized carbons (Fsp3) is 0.0769. The Kier molecular flexibility index (Phi) is 2.02. The first-order valence-corrected chi connectivity index (χ1v) is 4.32. The third-order valence-corrected chi connectivity index (χ3v) is 2.05. The van der Waals surface area contributed by atoms with Crippen molar-refractivity contribution >= 4 is 10.8 Å². The molecule has 0 aliphatic carbocycles. The van der Waals surface area contributed by atoms with Crippen LogP contribution in [0.15, 0.2) is 42.5 Å². The quantitative estimate of drug-likeness (QED) is 0.527. The second-order valence-corrected chi connectivity index (χ2v) is 2.90. The summed E-state index contributed by atoms with van der Waals surface area (Å²) in [5, 5.41) is 2.49. The smallest absolute Gasteiger partial charge is 0.0323 e. The van der Waals surface area contributed by atoms with Crippen molar-refractivity contribution in [1.82, 2.24) is 0 Å². The van der Waals surface area contributed by atoms with Crippen LogP contribution in [0.3, 0.4) is 0 Å². The minimum atomic E-state index is 1.11. The van der Waals surface area contributed by atoms with Gasteiger partial charge < -0.3 is 0 Å². The van der Waals surface area contributed by atoms with Crippen LogP contribution in [0.5, 0.6) is 0 Å². The predicted octanol–water partition coefficient (Wildman–Crippen LogP) is 3.21. The molecule has 2 rings (SSSR count). The Morgan fingerprint density at radius 2 is 1.69 bits per heavy atom. The van der Waals surface area contributed by atoms with Gasteiger partial charge >= 0.3 is 0 Å². The Balaban J connectivity index is 2.80. The zero-order valence-corrected chi connectivity index (χ0v) is 7.54. The minimum absolute atomic E-state index is 1.11. The van der Waals surface area contributed by atoms with Gasteiger partial charge in [0.25, 0.3) is 0 Å². The molecule has 0 atom stereocenters. The van der Waals surface area contributed by atoms with Crippen molar-refractivity contribution in [2.45, 2.75) is 6.92 Å². The Morgan fingerprint density at radius 3 is 2.54 bits per heavy atom. The van der Waals surface area contributed by atoms with E-state index in [1.807, 2.05) is 25.1 Å². The van der Waals surface area contributed by atoms with Gasteiger partial charge in [-0.15, -0.1) is 5.92 Å². The van der Waals surface area contributed by atoms with Gasteiger partial charge in [-0.05, 0) is 23.8 Å². The van der Waals surface area contributed by atoms with Crippen LogP contribution >= 0.6 is 0 Å². The van der Waals surface area contributed by atoms with E-state index in [9.17, 15) is 0 Å². The van der Waals surface area contributed by atoms with Crippen molar-refractivity contribution in [3.63, 3.8) is 0 Å². The van der Waals surface area contributed by atoms with Gasteiger partial charge in [0.2, 0.25) is 0 Å². The fourth-order valence-electron chi connectivity index (χ4n) is 1.47. The van der Waals surface area contributed by atoms with Gasteiger partial charge in [-0.25, -0.2) is 0 Å². The summed E-state index contributed by atoms with van der Waals surface area (Å²) in [6, 6.07) is 14.5. The van der Waals surface area contributed by atoms with Gasteiger partial charge in [0.15, 0.2) is 0 Å². The number of fused-ring (bicyclic) bond motifs is 1. The molecule has 0 saturated heterocycles. The van der Waals surface area contributed by atoms with Crippen LogP contribution in [-0.2, 0) is 0 Å². The maximum absolute atomic E-state index is 3.10. The van der Waals surface area contributed by atoms with Crippen LogP contribution in [0.1, 0.15) is 12.5 Å². The molecule has 2 aromatic rings. The molecule has 0 radical (unpaired) electrons. The van der Waals surface area contributed by atoms with Gasteiger partial charge in [0.05, 0.1) is 0 Å². The standard InChI is InChI=1S/C13H10/c1-2-6-11-8-5-9-12-7-3-4-10-13(11)12/h3-5,7-10H,1H3. The van der Waals surface area contributed by atoms with Gasteiger partial charge in [-0.1, -0.05) is 42.3 Å². The molecule has 0 heteroatoms. The van der Waals surface area contributed by atoms with Gasteiger partial charge in [-0.2, -0.15) is 0 Å². The summed E-state index contributed by atoms with van der Waals surface area (Å²) in [7, 11) is 0. The van der Waals surface area contributed by atoms with Crippen molar-refractivity contribution in [2.24, 2.45) is 0 Å². The second-order valence-electron chi connectivity index (χ2n) is 2.90. The summed E-state index contributed by atoms with van der Waals surface area (Å²) in [5.74, 6) is 6.03. The predicted molar refractivity (Wildman–Crippen MR) is 56.5 cm³/mol. The van der Waals surface area contributed by atoms with E-state index in [0.717, 1.165) is 5.56 Å². The summed E-state index contributed by atoms with van der Waals surface area (Å²) in [6.07, 6.45) is 0. The maximum Gasteiger partial charge on any atom is 0.0323 e. The molecule has 0 fully saturated rings. The molecule has 0 aromatic heterocycles. The third kappa shape index (κ3) is 1.41. The lowest BCUT2D eigenvalue weighted by Crippen LogP contribution is -1.77. The highest BCUT2D eigenvalue weighted by molar-refractivity contribution is 5.88. The van der Waals surface area contributed by atoms with Crippen molar-refractivity contribution in [3.05, 3.63) is 48.0 Å². The van der Waals surface area contributed by atoms with Crippen LogP contribution in [0.2, 0.25) is 0 Å². The lowest BCUT2D eigenvalue weighted by Gasteiger charge is -1.98. The molecule has 0 spiro atoms. The van der Waals surface area contributed by atoms with Crippen LogP contribution in [-0.4, -0.2) is 0 Å². The Labute approximate surface area is 78.2 Å². The van der Waals surface area contributed by atoms with E-state index in [1.165, 1.54) is 10.8 Å². The molecule has 0 heterocycles. The first kappa shape index (κ1) is 7.89. The average molecular weight is 166 g/mol. The van der Waals surface area contributed by atoms with Gasteiger partial charge in [-0.3, -0.25) is 0 Å². The van der Waals surface area contributed by atoms with Crippen LogP contribution < -0.4 is 0 Å². The van der Waals surface area contributed by atoms with Crippen molar-refractivity contribution in [1.29, 1.82) is 0 Å². The molecule has 0 aliphatic heterocycles. The summed E-state index contributed by atoms with van der Waals surface area (Å²) in [6.45, 7) is 1.86. The van der Waals surface area contributed by atoms with E-state index in [4.69, 9.17) is 0 Å². The molecular formula is C13H10. The summed E-state index contributed by atoms with van der Waals surface area (Å²) >= 11 is 0. The monoisotopic (exact) mass is 166 g/mol. The van der Waals surface area contributed by atoms with E-state index in [-0.39, 0.29) is 0 Å². The zero-order valence-electron chi connectivity index (χ0n) is 7.54. The normalized spacial score (nSPS) is 9.31. The fourth-order valence-corrected chi connectivity index (χ4v) is 1.47. The van der Waals surface area contributed by atoms with E-state index in [0.29, 0.717) is 0 Å². The molecule has 0 bridgehead atoms. The Morgan fingerprint density at radius 1 is 0.923 bits per heavy atom. The van der Waals surface area contributed by atoms with Crippen LogP contribution in [0.4, 0.5) is 0 Å². The lowest BCUT2D eigenvalue weighted by atomic mass is 10.1. The average Bonchev–Trinajstić information content (AvgIpc) is 2.19. The van der Waals surface area contributed by atoms with E-state index >= 15 is 0 Å². The number of benzene rings is 2. The molecule has 0 aliphatic rings. The van der Waals surface area contributed by atoms with E-state index in [2.05, 4.69) is 36.1 Å². The number of hydrogen-bond acceptors (Lipinski definition) is 0. The Hall–Kier alpha value is -1.74. The highest BCUT2D eigenvalue weighted by Gasteiger charge is 1.94. The number of rotatable bonds is 0. The molecule has 0 saturated carbocycles. The summed E-state index contributed by atoms with van der Waals surface area (Å²) < 4.78 is 0. The molecule has 13 heavy (non-hydrogen) atoms. The van der Waals surface area contributed by atoms with Crippen LogP contribution in [0.25, 0.3) is 10.8 Å². The molecule has 0 nitrogen and oxygen atoms in total. The van der Waals surface area contributed by atoms with E-state index in [1.54, 1.807) is 0 Å². The van der Waals surface area contributed by atoms with Gasteiger partial charge in [0.1, 0.15) is 0 Å². The Bertz CT molecular complexity index is 479. The SMILES string of the molecule is CC#Cc1cccc2ccccc12. The van der Waals surface area contributed by atoms with Crippen molar-refractivity contribution in [3.8, 4) is 11.8 Å². The largest absolute Gasteiger partial charge is 0.101 e. The topological polar surface area (TPSA) is 0 Å². The number of hydrogen-bond donors (Lipinski definition) is 0. The minimum Gasteiger partial charge on any atom is -0.101 e. The summed E-state index contributed by atoms with van der Waals surface area (Å²) in [4.78, 5) is 0. The molecular weight excluding hydrogens is 156 g/mol. The van der Waals surface area contributed by atoms with E-state index < -0.39 is 0 Å². The maximum atomic E-state index is 3.10. The van der Waals surface area contributed by atoms with Crippen LogP contribution in [0, 0.1) is 11.8 Å².